The first-order valence-corrected chi connectivity index (χ1v) is 9.01. The predicted molar refractivity (Wildman–Crippen MR) is 96.9 cm³/mol. The second-order valence-electron chi connectivity index (χ2n) is 6.56. The topological polar surface area (TPSA) is 78.3 Å². The van der Waals surface area contributed by atoms with E-state index in [1.165, 1.54) is 0 Å². The molecule has 0 saturated heterocycles. The van der Waals surface area contributed by atoms with Crippen molar-refractivity contribution in [3.8, 4) is 5.75 Å². The van der Waals surface area contributed by atoms with Gasteiger partial charge in [0.2, 0.25) is 5.91 Å². The van der Waals surface area contributed by atoms with Crippen LogP contribution in [0.5, 0.6) is 5.75 Å². The molecule has 2 heterocycles. The van der Waals surface area contributed by atoms with E-state index in [4.69, 9.17) is 9.47 Å². The van der Waals surface area contributed by atoms with E-state index in [0.29, 0.717) is 13.0 Å². The van der Waals surface area contributed by atoms with Gasteiger partial charge >= 0.3 is 0 Å². The molecule has 0 aliphatic carbocycles. The minimum Gasteiger partial charge on any atom is -0.497 e. The van der Waals surface area contributed by atoms with Crippen LogP contribution in [-0.2, 0) is 35.5 Å². The summed E-state index contributed by atoms with van der Waals surface area (Å²) in [7, 11) is 3.31. The Bertz CT molecular complexity index is 727. The van der Waals surface area contributed by atoms with Crippen molar-refractivity contribution >= 4 is 5.91 Å². The smallest absolute Gasteiger partial charge is 0.220 e. The molecule has 7 nitrogen and oxygen atoms in total. The molecule has 0 bridgehead atoms. The lowest BCUT2D eigenvalue weighted by molar-refractivity contribution is -0.121. The Morgan fingerprint density at radius 2 is 2.04 bits per heavy atom. The third kappa shape index (κ3) is 4.60. The van der Waals surface area contributed by atoms with Gasteiger partial charge < -0.3 is 19.4 Å². The lowest BCUT2D eigenvalue weighted by atomic mass is 10.1. The molecule has 0 radical (unpaired) electrons. The first-order chi connectivity index (χ1) is 12.7. The molecule has 1 N–H and O–H groups in total. The number of aryl methyl sites for hydroxylation is 2. The van der Waals surface area contributed by atoms with E-state index in [1.54, 1.807) is 14.2 Å². The highest BCUT2D eigenvalue weighted by molar-refractivity contribution is 5.76. The van der Waals surface area contributed by atoms with Crippen LogP contribution in [-0.4, -0.2) is 40.9 Å². The maximum atomic E-state index is 12.3. The molecule has 1 atom stereocenters. The third-order valence-electron chi connectivity index (χ3n) is 4.76. The molecular formula is C19H26N4O3. The van der Waals surface area contributed by atoms with E-state index in [-0.39, 0.29) is 11.9 Å². The SMILES string of the molecule is COCc1nnc2n1CCC(NC(=O)CCc1ccc(OC)cc1)CC2. The first kappa shape index (κ1) is 18.4. The maximum Gasteiger partial charge on any atom is 0.220 e. The lowest BCUT2D eigenvalue weighted by Gasteiger charge is -2.16. The van der Waals surface area contributed by atoms with Crippen molar-refractivity contribution in [3.63, 3.8) is 0 Å². The van der Waals surface area contributed by atoms with E-state index >= 15 is 0 Å². The Morgan fingerprint density at radius 3 is 2.77 bits per heavy atom. The van der Waals surface area contributed by atoms with Gasteiger partial charge in [-0.1, -0.05) is 12.1 Å². The molecule has 1 aromatic heterocycles. The summed E-state index contributed by atoms with van der Waals surface area (Å²) in [4.78, 5) is 12.3. The van der Waals surface area contributed by atoms with Gasteiger partial charge in [-0.15, -0.1) is 10.2 Å². The summed E-state index contributed by atoms with van der Waals surface area (Å²) >= 11 is 0. The summed E-state index contributed by atoms with van der Waals surface area (Å²) in [5.74, 6) is 2.76. The summed E-state index contributed by atoms with van der Waals surface area (Å²) in [5, 5.41) is 11.6. The van der Waals surface area contributed by atoms with E-state index in [2.05, 4.69) is 20.1 Å². The number of methoxy groups -OCH3 is 2. The summed E-state index contributed by atoms with van der Waals surface area (Å²) in [6.45, 7) is 1.27. The Hall–Kier alpha value is -2.41. The number of fused-ring (bicyclic) bond motifs is 1. The van der Waals surface area contributed by atoms with Crippen LogP contribution < -0.4 is 10.1 Å². The number of benzene rings is 1. The average molecular weight is 358 g/mol. The van der Waals surface area contributed by atoms with Gasteiger partial charge in [0.05, 0.1) is 7.11 Å². The molecule has 7 heteroatoms. The average Bonchev–Trinajstić information content (AvgIpc) is 2.93. The van der Waals surface area contributed by atoms with Crippen molar-refractivity contribution in [2.24, 2.45) is 0 Å². The number of ether oxygens (including phenoxy) is 2. The van der Waals surface area contributed by atoms with Gasteiger partial charge in [0.25, 0.3) is 0 Å². The van der Waals surface area contributed by atoms with E-state index in [9.17, 15) is 4.79 Å². The van der Waals surface area contributed by atoms with Gasteiger partial charge in [-0.3, -0.25) is 4.79 Å². The van der Waals surface area contributed by atoms with Crippen LogP contribution in [0, 0.1) is 0 Å². The molecular weight excluding hydrogens is 332 g/mol. The number of nitrogens with zero attached hydrogens (tertiary/aromatic N) is 3. The molecule has 1 unspecified atom stereocenters. The molecule has 26 heavy (non-hydrogen) atoms. The largest absolute Gasteiger partial charge is 0.497 e. The van der Waals surface area contributed by atoms with Gasteiger partial charge in [0.1, 0.15) is 18.2 Å². The highest BCUT2D eigenvalue weighted by Crippen LogP contribution is 2.16. The standard InChI is InChI=1S/C19H26N4O3/c1-25-13-18-22-21-17-9-6-15(11-12-23(17)18)20-19(24)10-5-14-3-7-16(26-2)8-4-14/h3-4,7-8,15H,5-6,9-13H2,1-2H3,(H,20,24). The highest BCUT2D eigenvalue weighted by atomic mass is 16.5. The number of hydrogen-bond donors (Lipinski definition) is 1. The summed E-state index contributed by atoms with van der Waals surface area (Å²) in [6.07, 6.45) is 3.81. The van der Waals surface area contributed by atoms with Crippen LogP contribution in [0.4, 0.5) is 0 Å². The van der Waals surface area contributed by atoms with Crippen molar-refractivity contribution in [1.82, 2.24) is 20.1 Å². The quantitative estimate of drug-likeness (QED) is 0.818. The number of carbonyl (C=O) groups is 1. The van der Waals surface area contributed by atoms with Crippen LogP contribution in [0.1, 0.15) is 36.5 Å². The Kier molecular flexibility index (Phi) is 6.22. The summed E-state index contributed by atoms with van der Waals surface area (Å²) < 4.78 is 12.4. The zero-order valence-corrected chi connectivity index (χ0v) is 15.4. The van der Waals surface area contributed by atoms with Crippen LogP contribution in [0.2, 0.25) is 0 Å². The maximum absolute atomic E-state index is 12.3. The summed E-state index contributed by atoms with van der Waals surface area (Å²) in [6, 6.07) is 8.02. The van der Waals surface area contributed by atoms with Crippen molar-refractivity contribution in [1.29, 1.82) is 0 Å². The Labute approximate surface area is 153 Å². The van der Waals surface area contributed by atoms with E-state index in [1.807, 2.05) is 24.3 Å². The first-order valence-electron chi connectivity index (χ1n) is 9.01. The van der Waals surface area contributed by atoms with Gasteiger partial charge in [-0.25, -0.2) is 0 Å². The third-order valence-corrected chi connectivity index (χ3v) is 4.76. The highest BCUT2D eigenvalue weighted by Gasteiger charge is 2.21. The number of rotatable bonds is 7. The minimum atomic E-state index is 0.0978. The minimum absolute atomic E-state index is 0.0978. The second-order valence-corrected chi connectivity index (χ2v) is 6.56. The Balaban J connectivity index is 1.47. The zero-order chi connectivity index (χ0) is 18.4. The van der Waals surface area contributed by atoms with Gasteiger partial charge in [0.15, 0.2) is 5.82 Å². The molecule has 1 aliphatic rings. The molecule has 1 aromatic carbocycles. The second kappa shape index (κ2) is 8.80. The van der Waals surface area contributed by atoms with Crippen LogP contribution in [0.3, 0.4) is 0 Å². The number of aromatic nitrogens is 3. The van der Waals surface area contributed by atoms with Crippen molar-refractivity contribution in [3.05, 3.63) is 41.5 Å². The lowest BCUT2D eigenvalue weighted by Crippen LogP contribution is -2.35. The fraction of sp³-hybridized carbons (Fsp3) is 0.526. The van der Waals surface area contributed by atoms with Crippen LogP contribution >= 0.6 is 0 Å². The van der Waals surface area contributed by atoms with Crippen molar-refractivity contribution in [2.45, 2.75) is 51.3 Å². The van der Waals surface area contributed by atoms with Gasteiger partial charge in [0, 0.05) is 32.5 Å². The van der Waals surface area contributed by atoms with Crippen LogP contribution in [0.15, 0.2) is 24.3 Å². The molecule has 0 fully saturated rings. The van der Waals surface area contributed by atoms with E-state index in [0.717, 1.165) is 55.2 Å². The molecule has 2 aromatic rings. The number of amides is 1. The number of carbonyl (C=O) groups excluding carboxylic acids is 1. The number of hydrogen-bond acceptors (Lipinski definition) is 5. The zero-order valence-electron chi connectivity index (χ0n) is 15.4. The molecule has 140 valence electrons. The molecule has 1 aliphatic heterocycles. The van der Waals surface area contributed by atoms with E-state index < -0.39 is 0 Å². The predicted octanol–water partition coefficient (Wildman–Crippen LogP) is 1.89. The monoisotopic (exact) mass is 358 g/mol. The Morgan fingerprint density at radius 1 is 1.23 bits per heavy atom. The van der Waals surface area contributed by atoms with Gasteiger partial charge in [-0.2, -0.15) is 0 Å². The molecule has 0 spiro atoms. The normalized spacial score (nSPS) is 16.6. The van der Waals surface area contributed by atoms with Crippen LogP contribution in [0.25, 0.3) is 0 Å². The van der Waals surface area contributed by atoms with Crippen molar-refractivity contribution in [2.75, 3.05) is 14.2 Å². The molecule has 1 amide bonds. The fourth-order valence-corrected chi connectivity index (χ4v) is 3.28. The number of nitrogens with one attached hydrogen (secondary N) is 1. The van der Waals surface area contributed by atoms with Gasteiger partial charge in [-0.05, 0) is 37.0 Å². The van der Waals surface area contributed by atoms with Crippen molar-refractivity contribution < 1.29 is 14.3 Å². The molecule has 0 saturated carbocycles. The fourth-order valence-electron chi connectivity index (χ4n) is 3.28. The molecule has 3 rings (SSSR count). The summed E-state index contributed by atoms with van der Waals surface area (Å²) in [5.41, 5.74) is 1.14.